The van der Waals surface area contributed by atoms with Gasteiger partial charge in [0.25, 0.3) is 0 Å². The summed E-state index contributed by atoms with van der Waals surface area (Å²) in [5, 5.41) is 7.00. The first-order valence-electron chi connectivity index (χ1n) is 17.0. The predicted molar refractivity (Wildman–Crippen MR) is 216 cm³/mol. The number of ether oxygens (including phenoxy) is 4. The van der Waals surface area contributed by atoms with Crippen molar-refractivity contribution < 1.29 is 18.9 Å². The second kappa shape index (κ2) is 14.0. The van der Waals surface area contributed by atoms with Crippen molar-refractivity contribution in [2.75, 3.05) is 18.5 Å². The molecular formula is C42H37O4P3S. The zero-order chi connectivity index (χ0) is 34.2. The zero-order valence-corrected chi connectivity index (χ0v) is 31.7. The molecule has 8 heteroatoms. The highest BCUT2D eigenvalue weighted by Gasteiger charge is 2.42. The van der Waals surface area contributed by atoms with Gasteiger partial charge in [-0.25, -0.2) is 0 Å². The Labute approximate surface area is 301 Å². The number of fused-ring (bicyclic) bond motifs is 8. The normalized spacial score (nSPS) is 14.3. The molecule has 0 aromatic heterocycles. The molecule has 0 radical (unpaired) electrons. The van der Waals surface area contributed by atoms with Crippen LogP contribution in [-0.2, 0) is 11.8 Å². The van der Waals surface area contributed by atoms with E-state index in [-0.39, 0.29) is 0 Å². The summed E-state index contributed by atoms with van der Waals surface area (Å²) < 4.78 is 24.3. The van der Waals surface area contributed by atoms with Crippen LogP contribution in [0.25, 0.3) is 0 Å². The van der Waals surface area contributed by atoms with Crippen LogP contribution in [0.2, 0.25) is 0 Å². The number of hydrogen-bond acceptors (Lipinski definition) is 5. The summed E-state index contributed by atoms with van der Waals surface area (Å²) in [5.74, 6) is 7.16. The minimum Gasteiger partial charge on any atom is -0.456 e. The maximum absolute atomic E-state index is 6.31. The van der Waals surface area contributed by atoms with E-state index in [1.807, 2.05) is 97.1 Å². The van der Waals surface area contributed by atoms with Crippen molar-refractivity contribution in [2.24, 2.45) is 0 Å². The highest BCUT2D eigenvalue weighted by atomic mass is 32.4. The smallest absolute Gasteiger partial charge is 0.140 e. The van der Waals surface area contributed by atoms with Crippen LogP contribution in [0.3, 0.4) is 0 Å². The summed E-state index contributed by atoms with van der Waals surface area (Å²) in [6.07, 6.45) is 4.26. The Balaban J connectivity index is 0.000000122. The summed E-state index contributed by atoms with van der Waals surface area (Å²) in [7, 11) is -0.155. The molecule has 6 aromatic carbocycles. The molecule has 0 bridgehead atoms. The first-order valence-corrected chi connectivity index (χ1v) is 23.1. The summed E-state index contributed by atoms with van der Waals surface area (Å²) in [5.41, 5.74) is 0. The minimum atomic E-state index is -2.13. The average Bonchev–Trinajstić information content (AvgIpc) is 3.16. The summed E-state index contributed by atoms with van der Waals surface area (Å²) in [6, 6.07) is 42.7. The van der Waals surface area contributed by atoms with Gasteiger partial charge in [-0.3, -0.25) is 0 Å². The van der Waals surface area contributed by atoms with Gasteiger partial charge in [-0.2, -0.15) is 0 Å². The Bertz CT molecular complexity index is 2120. The number of hydrogen-bond donors (Lipinski definition) is 0. The van der Waals surface area contributed by atoms with Gasteiger partial charge in [0.2, 0.25) is 0 Å². The molecular weight excluding hydrogens is 693 g/mol. The molecule has 0 N–H and O–H groups in total. The SMILES string of the molecule is CCP(CC)CC.S=P12c3ccccc3Oc3cccc(c31)Oc1ccccc12.c1ccc2c(c1)Oc1cccc3c1P2c1ccccc1O3. The van der Waals surface area contributed by atoms with Gasteiger partial charge in [0.15, 0.2) is 0 Å². The van der Waals surface area contributed by atoms with E-state index in [9.17, 15) is 0 Å². The third-order valence-corrected chi connectivity index (χ3v) is 19.5. The van der Waals surface area contributed by atoms with Gasteiger partial charge in [0.05, 0.1) is 16.6 Å². The van der Waals surface area contributed by atoms with Crippen LogP contribution in [0.1, 0.15) is 20.8 Å². The van der Waals surface area contributed by atoms with E-state index < -0.39 is 14.0 Å². The average molecular weight is 731 g/mol. The van der Waals surface area contributed by atoms with E-state index >= 15 is 0 Å². The van der Waals surface area contributed by atoms with Gasteiger partial charge in [-0.05, 0) is 79.1 Å². The molecule has 0 spiro atoms. The highest BCUT2D eigenvalue weighted by Crippen LogP contribution is 2.58. The summed E-state index contributed by atoms with van der Waals surface area (Å²) >= 11 is 6.31. The molecule has 0 unspecified atom stereocenters. The predicted octanol–water partition coefficient (Wildman–Crippen LogP) is 9.84. The van der Waals surface area contributed by atoms with Crippen LogP contribution in [0, 0.1) is 0 Å². The van der Waals surface area contributed by atoms with Gasteiger partial charge in [0, 0.05) is 29.1 Å². The van der Waals surface area contributed by atoms with Crippen molar-refractivity contribution in [1.29, 1.82) is 0 Å². The van der Waals surface area contributed by atoms with Crippen molar-refractivity contribution >= 4 is 65.5 Å². The van der Waals surface area contributed by atoms with Crippen LogP contribution in [0.4, 0.5) is 0 Å². The second-order valence-electron chi connectivity index (χ2n) is 12.0. The highest BCUT2D eigenvalue weighted by molar-refractivity contribution is 8.26. The van der Waals surface area contributed by atoms with Gasteiger partial charge in [-0.1, -0.05) is 105 Å². The van der Waals surface area contributed by atoms with Gasteiger partial charge < -0.3 is 18.9 Å². The van der Waals surface area contributed by atoms with E-state index in [0.29, 0.717) is 7.92 Å². The molecule has 250 valence electrons. The van der Waals surface area contributed by atoms with Gasteiger partial charge >= 0.3 is 0 Å². The molecule has 0 saturated carbocycles. The van der Waals surface area contributed by atoms with E-state index in [1.165, 1.54) is 34.4 Å². The van der Waals surface area contributed by atoms with Gasteiger partial charge in [-0.15, -0.1) is 7.92 Å². The van der Waals surface area contributed by atoms with Crippen LogP contribution < -0.4 is 50.8 Å². The molecule has 4 nitrogen and oxygen atoms in total. The number of benzene rings is 6. The topological polar surface area (TPSA) is 36.9 Å². The first kappa shape index (κ1) is 33.2. The van der Waals surface area contributed by atoms with Crippen LogP contribution in [-0.4, -0.2) is 18.5 Å². The van der Waals surface area contributed by atoms with Crippen molar-refractivity contribution in [3.05, 3.63) is 133 Å². The lowest BCUT2D eigenvalue weighted by molar-refractivity contribution is 0.466. The van der Waals surface area contributed by atoms with E-state index in [1.54, 1.807) is 0 Å². The molecule has 0 amide bonds. The van der Waals surface area contributed by atoms with E-state index in [4.69, 9.17) is 30.8 Å². The molecule has 10 rings (SSSR count). The quantitative estimate of drug-likeness (QED) is 0.169. The lowest BCUT2D eigenvalue weighted by atomic mass is 10.3. The Morgan fingerprint density at radius 3 is 1.26 bits per heavy atom. The number of para-hydroxylation sites is 4. The van der Waals surface area contributed by atoms with Crippen molar-refractivity contribution in [3.8, 4) is 46.0 Å². The fourth-order valence-electron chi connectivity index (χ4n) is 6.81. The molecule has 0 saturated heterocycles. The molecule has 6 aromatic rings. The molecule has 0 fully saturated rings. The third kappa shape index (κ3) is 5.66. The van der Waals surface area contributed by atoms with E-state index in [2.05, 4.69) is 57.2 Å². The Morgan fingerprint density at radius 1 is 0.460 bits per heavy atom. The van der Waals surface area contributed by atoms with E-state index in [0.717, 1.165) is 61.9 Å². The summed E-state index contributed by atoms with van der Waals surface area (Å²) in [4.78, 5) is 0. The van der Waals surface area contributed by atoms with Gasteiger partial charge in [0.1, 0.15) is 46.0 Å². The number of rotatable bonds is 3. The van der Waals surface area contributed by atoms with Crippen molar-refractivity contribution in [3.63, 3.8) is 0 Å². The fourth-order valence-corrected chi connectivity index (χ4v) is 15.2. The lowest BCUT2D eigenvalue weighted by Gasteiger charge is -2.37. The standard InChI is InChI=1S/C18H11O2PS.C18H11O2P.C6H15P/c22-21-16-10-3-1-6-12(16)19-14-8-5-9-15(18(14)21)20-13-7-2-4-11-17(13)21;1-3-10-16-12(6-1)19-14-8-5-9-15-18(14)21(16)17-11-4-2-7-13(17)20-15;1-4-7(5-2)6-3/h1-11H;1-11H;4-6H2,1-3H3. The van der Waals surface area contributed by atoms with Crippen LogP contribution >= 0.6 is 21.9 Å². The first-order chi connectivity index (χ1) is 24.5. The van der Waals surface area contributed by atoms with Crippen molar-refractivity contribution in [2.45, 2.75) is 20.8 Å². The molecule has 50 heavy (non-hydrogen) atoms. The Morgan fingerprint density at radius 2 is 0.820 bits per heavy atom. The summed E-state index contributed by atoms with van der Waals surface area (Å²) in [6.45, 7) is 6.87. The lowest BCUT2D eigenvalue weighted by Crippen LogP contribution is -2.34. The maximum Gasteiger partial charge on any atom is 0.140 e. The Kier molecular flexibility index (Phi) is 9.28. The Hall–Kier alpha value is -3.97. The molecule has 4 aliphatic rings. The zero-order valence-electron chi connectivity index (χ0n) is 28.2. The molecule has 4 heterocycles. The van der Waals surface area contributed by atoms with Crippen molar-refractivity contribution in [1.82, 2.24) is 0 Å². The van der Waals surface area contributed by atoms with Crippen LogP contribution in [0.15, 0.2) is 133 Å². The largest absolute Gasteiger partial charge is 0.456 e. The molecule has 4 aliphatic heterocycles. The van der Waals surface area contributed by atoms with Crippen LogP contribution in [0.5, 0.6) is 46.0 Å². The fraction of sp³-hybridized carbons (Fsp3) is 0.143. The maximum atomic E-state index is 6.31. The molecule has 0 atom stereocenters. The third-order valence-electron chi connectivity index (χ3n) is 9.31. The molecule has 0 aliphatic carbocycles. The second-order valence-corrected chi connectivity index (χ2v) is 21.6. The monoisotopic (exact) mass is 730 g/mol. The minimum absolute atomic E-state index is 0.446.